The van der Waals surface area contributed by atoms with Gasteiger partial charge in [-0.15, -0.1) is 0 Å². The number of anilines is 2. The van der Waals surface area contributed by atoms with Gasteiger partial charge in [0.15, 0.2) is 0 Å². The minimum absolute atomic E-state index is 0.170. The Morgan fingerprint density at radius 2 is 1.67 bits per heavy atom. The van der Waals surface area contributed by atoms with Crippen LogP contribution >= 0.6 is 0 Å². The summed E-state index contributed by atoms with van der Waals surface area (Å²) in [7, 11) is 0. The van der Waals surface area contributed by atoms with E-state index in [4.69, 9.17) is 10.7 Å². The number of rotatable bonds is 6. The third-order valence-corrected chi connectivity index (χ3v) is 4.56. The van der Waals surface area contributed by atoms with Crippen LogP contribution in [0.4, 0.5) is 11.6 Å². The van der Waals surface area contributed by atoms with Gasteiger partial charge in [-0.25, -0.2) is 15.0 Å². The number of aldehydes is 1. The van der Waals surface area contributed by atoms with Crippen molar-refractivity contribution in [2.24, 2.45) is 0 Å². The molecule has 148 valence electrons. The van der Waals surface area contributed by atoms with Gasteiger partial charge in [0, 0.05) is 29.7 Å². The molecule has 7 heteroatoms. The fourth-order valence-corrected chi connectivity index (χ4v) is 3.13. The van der Waals surface area contributed by atoms with Crippen LogP contribution in [0.5, 0.6) is 0 Å². The number of nitrogens with zero attached hydrogens (tertiary/aromatic N) is 3. The minimum atomic E-state index is -0.194. The molecular formula is C23H19N5O2. The fraction of sp³-hybridized carbons (Fsp3) is 0.0870. The zero-order valence-corrected chi connectivity index (χ0v) is 16.1. The van der Waals surface area contributed by atoms with Gasteiger partial charge >= 0.3 is 0 Å². The smallest absolute Gasteiger partial charge is 0.224 e. The highest BCUT2D eigenvalue weighted by Crippen LogP contribution is 2.28. The average molecular weight is 397 g/mol. The molecule has 0 saturated carbocycles. The van der Waals surface area contributed by atoms with Crippen LogP contribution in [0, 0.1) is 0 Å². The molecule has 4 rings (SSSR count). The molecule has 0 fully saturated rings. The first kappa shape index (κ1) is 19.2. The molecule has 4 aromatic rings. The number of benzene rings is 2. The van der Waals surface area contributed by atoms with Gasteiger partial charge in [-0.05, 0) is 24.3 Å². The lowest BCUT2D eigenvalue weighted by atomic mass is 10.1. The Bertz CT molecular complexity index is 1210. The Hall–Kier alpha value is -4.13. The number of pyridine rings is 1. The molecule has 0 bridgehead atoms. The van der Waals surface area contributed by atoms with Gasteiger partial charge in [-0.2, -0.15) is 0 Å². The Morgan fingerprint density at radius 3 is 2.40 bits per heavy atom. The van der Waals surface area contributed by atoms with Crippen molar-refractivity contribution in [2.75, 3.05) is 11.1 Å². The van der Waals surface area contributed by atoms with Crippen LogP contribution < -0.4 is 11.1 Å². The maximum Gasteiger partial charge on any atom is 0.224 e. The molecule has 0 aliphatic carbocycles. The number of nitrogens with two attached hydrogens (primary N) is 1. The molecule has 1 amide bonds. The van der Waals surface area contributed by atoms with E-state index in [0.29, 0.717) is 22.4 Å². The summed E-state index contributed by atoms with van der Waals surface area (Å²) in [6.07, 6.45) is 1.11. The van der Waals surface area contributed by atoms with Crippen LogP contribution in [0.2, 0.25) is 0 Å². The molecule has 7 nitrogen and oxygen atoms in total. The number of hydrogen-bond acceptors (Lipinski definition) is 6. The summed E-state index contributed by atoms with van der Waals surface area (Å²) in [6, 6.07) is 20.8. The summed E-state index contributed by atoms with van der Waals surface area (Å²) in [5.74, 6) is 0.00602. The van der Waals surface area contributed by atoms with Crippen LogP contribution in [0.1, 0.15) is 12.8 Å². The van der Waals surface area contributed by atoms with Crippen LogP contribution in [-0.4, -0.2) is 27.1 Å². The van der Waals surface area contributed by atoms with Gasteiger partial charge in [-0.3, -0.25) is 4.79 Å². The Kier molecular flexibility index (Phi) is 5.43. The van der Waals surface area contributed by atoms with Gasteiger partial charge < -0.3 is 15.8 Å². The summed E-state index contributed by atoms with van der Waals surface area (Å²) < 4.78 is 0. The summed E-state index contributed by atoms with van der Waals surface area (Å²) in [6.45, 7) is 0. The normalized spacial score (nSPS) is 10.7. The third-order valence-electron chi connectivity index (χ3n) is 4.56. The van der Waals surface area contributed by atoms with Crippen molar-refractivity contribution in [2.45, 2.75) is 12.8 Å². The average Bonchev–Trinajstić information content (AvgIpc) is 2.78. The molecule has 0 unspecified atom stereocenters. The summed E-state index contributed by atoms with van der Waals surface area (Å²) in [5, 5.41) is 2.77. The highest BCUT2D eigenvalue weighted by molar-refractivity contribution is 5.93. The van der Waals surface area contributed by atoms with Crippen molar-refractivity contribution in [3.8, 4) is 22.5 Å². The monoisotopic (exact) mass is 397 g/mol. The molecule has 0 atom stereocenters. The summed E-state index contributed by atoms with van der Waals surface area (Å²) in [4.78, 5) is 35.6. The molecular weight excluding hydrogens is 378 g/mol. The molecule has 0 aliphatic rings. The first-order valence-corrected chi connectivity index (χ1v) is 9.47. The highest BCUT2D eigenvalue weighted by atomic mass is 16.1. The van der Waals surface area contributed by atoms with Gasteiger partial charge in [0.2, 0.25) is 11.9 Å². The van der Waals surface area contributed by atoms with E-state index in [1.807, 2.05) is 54.6 Å². The SMILES string of the molecule is Nc1nc(-c2ccccc2)c2nc(-c3ccc(NC(=O)CCC=O)cc3)ccc2n1. The van der Waals surface area contributed by atoms with E-state index in [0.717, 1.165) is 23.1 Å². The second-order valence-corrected chi connectivity index (χ2v) is 6.69. The van der Waals surface area contributed by atoms with Gasteiger partial charge in [-0.1, -0.05) is 42.5 Å². The van der Waals surface area contributed by atoms with E-state index in [2.05, 4.69) is 15.3 Å². The van der Waals surface area contributed by atoms with E-state index in [1.165, 1.54) is 0 Å². The lowest BCUT2D eigenvalue weighted by Gasteiger charge is -2.09. The van der Waals surface area contributed by atoms with Crippen molar-refractivity contribution in [1.82, 2.24) is 15.0 Å². The first-order chi connectivity index (χ1) is 14.6. The number of aromatic nitrogens is 3. The van der Waals surface area contributed by atoms with Crippen molar-refractivity contribution < 1.29 is 9.59 Å². The maximum atomic E-state index is 11.8. The van der Waals surface area contributed by atoms with Crippen LogP contribution in [0.15, 0.2) is 66.7 Å². The second-order valence-electron chi connectivity index (χ2n) is 6.69. The first-order valence-electron chi connectivity index (χ1n) is 9.47. The predicted molar refractivity (Wildman–Crippen MR) is 117 cm³/mol. The molecule has 2 aromatic heterocycles. The molecule has 30 heavy (non-hydrogen) atoms. The molecule has 0 saturated heterocycles. The topological polar surface area (TPSA) is 111 Å². The van der Waals surface area contributed by atoms with Crippen LogP contribution in [-0.2, 0) is 9.59 Å². The number of carbonyl (C=O) groups is 2. The maximum absolute atomic E-state index is 11.8. The van der Waals surface area contributed by atoms with Crippen LogP contribution in [0.3, 0.4) is 0 Å². The van der Waals surface area contributed by atoms with Crippen molar-refractivity contribution >= 4 is 34.9 Å². The Balaban J connectivity index is 1.67. The zero-order chi connectivity index (χ0) is 20.9. The largest absolute Gasteiger partial charge is 0.368 e. The van der Waals surface area contributed by atoms with Crippen molar-refractivity contribution in [1.29, 1.82) is 0 Å². The molecule has 0 radical (unpaired) electrons. The fourth-order valence-electron chi connectivity index (χ4n) is 3.13. The molecule has 2 heterocycles. The number of carbonyl (C=O) groups excluding carboxylic acids is 2. The van der Waals surface area contributed by atoms with E-state index < -0.39 is 0 Å². The van der Waals surface area contributed by atoms with E-state index in [-0.39, 0.29) is 24.7 Å². The Morgan fingerprint density at radius 1 is 0.900 bits per heavy atom. The van der Waals surface area contributed by atoms with E-state index >= 15 is 0 Å². The van der Waals surface area contributed by atoms with Crippen molar-refractivity contribution in [3.63, 3.8) is 0 Å². The minimum Gasteiger partial charge on any atom is -0.368 e. The van der Waals surface area contributed by atoms with E-state index in [1.54, 1.807) is 12.1 Å². The number of fused-ring (bicyclic) bond motifs is 1. The molecule has 0 aliphatic heterocycles. The van der Waals surface area contributed by atoms with Crippen LogP contribution in [0.25, 0.3) is 33.5 Å². The molecule has 2 aromatic carbocycles. The van der Waals surface area contributed by atoms with Gasteiger partial charge in [0.05, 0.1) is 11.2 Å². The number of amides is 1. The zero-order valence-electron chi connectivity index (χ0n) is 16.1. The van der Waals surface area contributed by atoms with E-state index in [9.17, 15) is 9.59 Å². The van der Waals surface area contributed by atoms with Gasteiger partial charge in [0.25, 0.3) is 0 Å². The number of hydrogen-bond donors (Lipinski definition) is 2. The standard InChI is InChI=1S/C23H19N5O2/c24-23-27-19-13-12-18(26-22(19)21(28-23)16-5-2-1-3-6-16)15-8-10-17(11-9-15)25-20(30)7-4-14-29/h1-3,5-6,8-14H,4,7H2,(H,25,30)(H2,24,27,28). The summed E-state index contributed by atoms with van der Waals surface area (Å²) in [5.41, 5.74) is 11.1. The van der Waals surface area contributed by atoms with Gasteiger partial charge in [0.1, 0.15) is 17.5 Å². The Labute approximate surface area is 173 Å². The molecule has 0 spiro atoms. The lowest BCUT2D eigenvalue weighted by Crippen LogP contribution is -2.11. The van der Waals surface area contributed by atoms with Crippen molar-refractivity contribution in [3.05, 3.63) is 66.7 Å². The number of nitrogen functional groups attached to an aromatic ring is 1. The second kappa shape index (κ2) is 8.48. The lowest BCUT2D eigenvalue weighted by molar-refractivity contribution is -0.118. The number of nitrogens with one attached hydrogen (secondary N) is 1. The highest BCUT2D eigenvalue weighted by Gasteiger charge is 2.12. The summed E-state index contributed by atoms with van der Waals surface area (Å²) >= 11 is 0. The quantitative estimate of drug-likeness (QED) is 0.478. The molecule has 3 N–H and O–H groups in total. The third kappa shape index (κ3) is 4.15. The predicted octanol–water partition coefficient (Wildman–Crippen LogP) is 3.86.